The number of benzene rings is 2. The summed E-state index contributed by atoms with van der Waals surface area (Å²) >= 11 is 8.04. The van der Waals surface area contributed by atoms with E-state index >= 15 is 0 Å². The van der Waals surface area contributed by atoms with Gasteiger partial charge in [0.05, 0.1) is 57.9 Å². The third-order valence-corrected chi connectivity index (χ3v) is 15.0. The number of hydrogen-bond donors (Lipinski definition) is 3. The normalized spacial score (nSPS) is 19.5. The van der Waals surface area contributed by atoms with Crippen LogP contribution < -0.4 is 24.6 Å². The first kappa shape index (κ1) is 44.0. The van der Waals surface area contributed by atoms with Crippen LogP contribution in [0.2, 0.25) is 4.34 Å². The Morgan fingerprint density at radius 2 is 1.88 bits per heavy atom. The molecule has 4 aliphatic rings. The molecule has 2 saturated heterocycles. The Morgan fingerprint density at radius 3 is 2.64 bits per heavy atom. The number of anilines is 4. The van der Waals surface area contributed by atoms with Crippen molar-refractivity contribution in [2.75, 3.05) is 87.4 Å². The molecule has 0 bridgehead atoms. The van der Waals surface area contributed by atoms with Crippen LogP contribution in [-0.4, -0.2) is 112 Å². The van der Waals surface area contributed by atoms with Gasteiger partial charge >= 0.3 is 0 Å². The molecule has 5 aromatic rings. The predicted molar refractivity (Wildman–Crippen MR) is 249 cm³/mol. The molecule has 64 heavy (non-hydrogen) atoms. The van der Waals surface area contributed by atoms with E-state index in [0.29, 0.717) is 62.3 Å². The molecule has 1 amide bonds. The van der Waals surface area contributed by atoms with Gasteiger partial charge in [0.1, 0.15) is 17.0 Å². The maximum atomic E-state index is 14.3. The standard InChI is InChI=1S/C45H51ClN8O8S2/c1-45(2)12-10-30(35(25-45)40-8-9-41(46)63-40)27-51-15-17-52(18-16-51)31-4-6-34(37(23-31)53-14-3-19-62-44-39(53)22-29-11-13-47-42(29)49-44)43(55)50-64(58,59)33-5-7-36(38(24-33)54(56)57)48-26-32-28-60-20-21-61-32/h4-9,11,13,22-24,32,48H,3,10,12,14-21,25-28H2,1-2H3,(H,47,49)(H,50,55)/t32-/m0/s1. The number of halogens is 1. The Morgan fingerprint density at radius 1 is 1.03 bits per heavy atom. The molecule has 2 aromatic carbocycles. The van der Waals surface area contributed by atoms with Crippen LogP contribution in [0.3, 0.4) is 0 Å². The topological polar surface area (TPSA) is 185 Å². The van der Waals surface area contributed by atoms with Crippen LogP contribution in [0, 0.1) is 15.5 Å². The molecular weight excluding hydrogens is 880 g/mol. The van der Waals surface area contributed by atoms with Gasteiger partial charge in [-0.2, -0.15) is 4.98 Å². The molecular formula is C45H51ClN8O8S2. The molecule has 3 aromatic heterocycles. The summed E-state index contributed by atoms with van der Waals surface area (Å²) in [7, 11) is -4.59. The summed E-state index contributed by atoms with van der Waals surface area (Å²) in [6, 6.07) is 16.9. The molecule has 0 radical (unpaired) electrons. The Bertz CT molecular complexity index is 2710. The maximum Gasteiger partial charge on any atom is 0.293 e. The molecule has 3 N–H and O–H groups in total. The number of allylic oxidation sites excluding steroid dienone is 1. The lowest BCUT2D eigenvalue weighted by atomic mass is 9.74. The summed E-state index contributed by atoms with van der Waals surface area (Å²) in [5, 5.41) is 16.0. The van der Waals surface area contributed by atoms with E-state index in [-0.39, 0.29) is 29.3 Å². The number of ether oxygens (including phenoxy) is 3. The molecule has 19 heteroatoms. The largest absolute Gasteiger partial charge is 0.476 e. The minimum Gasteiger partial charge on any atom is -0.476 e. The molecule has 0 unspecified atom stereocenters. The van der Waals surface area contributed by atoms with Crippen molar-refractivity contribution in [2.24, 2.45) is 5.41 Å². The van der Waals surface area contributed by atoms with E-state index in [2.05, 4.69) is 44.7 Å². The highest BCUT2D eigenvalue weighted by Crippen LogP contribution is 2.46. The van der Waals surface area contributed by atoms with Crippen LogP contribution in [0.1, 0.15) is 54.8 Å². The first-order valence-electron chi connectivity index (χ1n) is 21.6. The number of nitro groups is 1. The average molecular weight is 932 g/mol. The fourth-order valence-electron chi connectivity index (χ4n) is 8.92. The van der Waals surface area contributed by atoms with Crippen LogP contribution in [0.15, 0.2) is 77.3 Å². The van der Waals surface area contributed by atoms with Gasteiger partial charge in [0, 0.05) is 74.0 Å². The Balaban J connectivity index is 0.987. The zero-order valence-electron chi connectivity index (χ0n) is 35.7. The number of aromatic nitrogens is 2. The molecule has 2 fully saturated rings. The Kier molecular flexibility index (Phi) is 12.6. The van der Waals surface area contributed by atoms with Gasteiger partial charge in [-0.15, -0.1) is 11.3 Å². The summed E-state index contributed by atoms with van der Waals surface area (Å²) in [5.41, 5.74) is 5.53. The van der Waals surface area contributed by atoms with Crippen molar-refractivity contribution in [3.8, 4) is 5.88 Å². The van der Waals surface area contributed by atoms with Crippen molar-refractivity contribution in [3.05, 3.63) is 97.3 Å². The average Bonchev–Trinajstić information content (AvgIpc) is 3.89. The molecule has 338 valence electrons. The van der Waals surface area contributed by atoms with Gasteiger partial charge in [-0.25, -0.2) is 13.1 Å². The lowest BCUT2D eigenvalue weighted by Crippen LogP contribution is -2.47. The molecule has 1 atom stereocenters. The summed E-state index contributed by atoms with van der Waals surface area (Å²) in [4.78, 5) is 41.3. The molecule has 16 nitrogen and oxygen atoms in total. The van der Waals surface area contributed by atoms with Crippen molar-refractivity contribution >= 4 is 83.9 Å². The predicted octanol–water partition coefficient (Wildman–Crippen LogP) is 7.84. The highest BCUT2D eigenvalue weighted by molar-refractivity contribution is 7.90. The number of sulfonamides is 1. The van der Waals surface area contributed by atoms with Gasteiger partial charge in [0.2, 0.25) is 5.88 Å². The SMILES string of the molecule is CC1(C)CCC(CN2CCN(c3ccc(C(=O)NS(=O)(=O)c4ccc(NC[C@H]5COCCO5)c([N+](=O)[O-])c4)c(N4CCCOc5nc6[nH]ccc6cc54)c3)CC2)=C(c2ccc(Cl)s2)C1. The van der Waals surface area contributed by atoms with Crippen LogP contribution >= 0.6 is 22.9 Å². The molecule has 6 heterocycles. The number of amides is 1. The van der Waals surface area contributed by atoms with Gasteiger partial charge < -0.3 is 34.3 Å². The molecule has 1 aliphatic carbocycles. The molecule has 0 saturated carbocycles. The minimum atomic E-state index is -4.59. The van der Waals surface area contributed by atoms with Crippen molar-refractivity contribution in [3.63, 3.8) is 0 Å². The van der Waals surface area contributed by atoms with E-state index in [0.717, 1.165) is 73.5 Å². The molecule has 3 aliphatic heterocycles. The monoisotopic (exact) mass is 930 g/mol. The number of aromatic amines is 1. The fraction of sp³-hybridized carbons (Fsp3) is 0.422. The number of H-pyrrole nitrogens is 1. The van der Waals surface area contributed by atoms with Crippen LogP contribution in [0.4, 0.5) is 28.4 Å². The summed E-state index contributed by atoms with van der Waals surface area (Å²) in [6.07, 6.45) is 5.29. The number of thiophene rings is 1. The number of carbonyl (C=O) groups is 1. The minimum absolute atomic E-state index is 0.101. The Labute approximate surface area is 380 Å². The fourth-order valence-corrected chi connectivity index (χ4v) is 11.0. The zero-order chi connectivity index (χ0) is 44.6. The van der Waals surface area contributed by atoms with E-state index in [4.69, 9.17) is 30.8 Å². The number of hydrogen-bond acceptors (Lipinski definition) is 14. The van der Waals surface area contributed by atoms with E-state index in [1.54, 1.807) is 23.6 Å². The second kappa shape index (κ2) is 18.3. The van der Waals surface area contributed by atoms with E-state index in [9.17, 15) is 23.3 Å². The lowest BCUT2D eigenvalue weighted by Gasteiger charge is -2.39. The van der Waals surface area contributed by atoms with Gasteiger partial charge in [0.15, 0.2) is 0 Å². The van der Waals surface area contributed by atoms with E-state index < -0.39 is 31.4 Å². The lowest BCUT2D eigenvalue weighted by molar-refractivity contribution is -0.384. The van der Waals surface area contributed by atoms with Gasteiger partial charge in [-0.3, -0.25) is 19.8 Å². The number of nitro benzene ring substituents is 1. The highest BCUT2D eigenvalue weighted by atomic mass is 35.5. The van der Waals surface area contributed by atoms with Crippen molar-refractivity contribution in [1.29, 1.82) is 0 Å². The summed E-state index contributed by atoms with van der Waals surface area (Å²) in [5.74, 6) is -0.501. The first-order chi connectivity index (χ1) is 30.8. The Hall–Kier alpha value is -5.24. The number of rotatable bonds is 12. The third kappa shape index (κ3) is 9.58. The van der Waals surface area contributed by atoms with Crippen molar-refractivity contribution < 1.29 is 32.3 Å². The van der Waals surface area contributed by atoms with Crippen LogP contribution in [0.25, 0.3) is 16.6 Å². The number of fused-ring (bicyclic) bond motifs is 2. The zero-order valence-corrected chi connectivity index (χ0v) is 38.1. The van der Waals surface area contributed by atoms with Gasteiger partial charge in [0.25, 0.3) is 21.6 Å². The highest BCUT2D eigenvalue weighted by Gasteiger charge is 2.32. The summed E-state index contributed by atoms with van der Waals surface area (Å²) < 4.78 is 48.0. The third-order valence-electron chi connectivity index (χ3n) is 12.4. The van der Waals surface area contributed by atoms with E-state index in [1.165, 1.54) is 28.2 Å². The van der Waals surface area contributed by atoms with Crippen molar-refractivity contribution in [1.82, 2.24) is 19.6 Å². The smallest absolute Gasteiger partial charge is 0.293 e. The van der Waals surface area contributed by atoms with Crippen LogP contribution in [-0.2, 0) is 19.5 Å². The second-order valence-corrected chi connectivity index (χ2v) is 20.8. The van der Waals surface area contributed by atoms with Crippen LogP contribution in [0.5, 0.6) is 5.88 Å². The second-order valence-electron chi connectivity index (χ2n) is 17.4. The van der Waals surface area contributed by atoms with Gasteiger partial charge in [-0.05, 0) is 91.3 Å². The van der Waals surface area contributed by atoms with Crippen molar-refractivity contribution in [2.45, 2.75) is 50.5 Å². The van der Waals surface area contributed by atoms with E-state index in [1.807, 2.05) is 35.2 Å². The first-order valence-corrected chi connectivity index (χ1v) is 24.2. The number of pyridine rings is 1. The number of nitrogens with zero attached hydrogens (tertiary/aromatic N) is 5. The summed E-state index contributed by atoms with van der Waals surface area (Å²) in [6.45, 7) is 11.0. The van der Waals surface area contributed by atoms with Gasteiger partial charge in [-0.1, -0.05) is 31.0 Å². The molecule has 0 spiro atoms. The maximum absolute atomic E-state index is 14.3. The number of nitrogens with one attached hydrogen (secondary N) is 3. The molecule has 9 rings (SSSR count). The number of carbonyl (C=O) groups excluding carboxylic acids is 1. The quantitative estimate of drug-likeness (QED) is 0.0813. The number of piperazine rings is 1.